The minimum atomic E-state index is 0. The molecule has 0 saturated carbocycles. The Morgan fingerprint density at radius 1 is 0.608 bits per heavy atom. The summed E-state index contributed by atoms with van der Waals surface area (Å²) in [6.07, 6.45) is 4.53. The van der Waals surface area contributed by atoms with Crippen LogP contribution in [0.15, 0.2) is 96.2 Å². The van der Waals surface area contributed by atoms with Gasteiger partial charge >= 0.3 is 0 Å². The number of H-pyrrole nitrogens is 1. The van der Waals surface area contributed by atoms with Crippen LogP contribution in [0.3, 0.4) is 0 Å². The van der Waals surface area contributed by atoms with E-state index in [1.54, 1.807) is 18.5 Å². The van der Waals surface area contributed by atoms with Gasteiger partial charge < -0.3 is 23.3 Å². The van der Waals surface area contributed by atoms with Crippen molar-refractivity contribution in [2.24, 2.45) is 32.7 Å². The molecule has 412 valence electrons. The molecule has 0 unspecified atom stereocenters. The lowest BCUT2D eigenvalue weighted by atomic mass is 10.0. The predicted molar refractivity (Wildman–Crippen MR) is 309 cm³/mol. The van der Waals surface area contributed by atoms with Gasteiger partial charge in [-0.15, -0.1) is 0 Å². The first kappa shape index (κ1) is 68.1. The number of hydroxylamine groups is 2. The van der Waals surface area contributed by atoms with Crippen molar-refractivity contribution in [2.75, 3.05) is 0 Å². The second-order valence-electron chi connectivity index (χ2n) is 19.2. The molecule has 74 heavy (non-hydrogen) atoms. The Bertz CT molecular complexity index is 2410. The number of nitrogens with zero attached hydrogens (tertiary/aromatic N) is 9. The standard InChI is InChI=1S/C9H12O2.C7H11NO.C7H11NS.2C6H10N2O.2C6H10N2S.C5H9N3.CH4/c1-6(2)8-5-11-4-7(3)9(8)10;2*1-5(2)7-4-6(3)8-9-7;3*1-4(2)6-7-5(3)9-8-6;1-4(2)6-5(3)7-9-8-6;1-4(2)5-6-3-7-8-5;/h4-6H,1-3H3;2*4-5H,1-3H3;3*4H,3H2,1-2H3,(H,7,8);4H,1-3H3;3-4H,1-2H3,(H,6,7,8);1H4. The molecule has 0 radical (unpaired) electrons. The molecule has 8 heterocycles. The summed E-state index contributed by atoms with van der Waals surface area (Å²) in [4.78, 5) is 38.4. The Morgan fingerprint density at radius 2 is 1.18 bits per heavy atom. The predicted octanol–water partition coefficient (Wildman–Crippen LogP) is 14.1. The first-order valence-electron chi connectivity index (χ1n) is 24.3. The molecule has 18 nitrogen and oxygen atoms in total. The number of aromatic nitrogens is 7. The van der Waals surface area contributed by atoms with E-state index in [1.165, 1.54) is 47.4 Å². The number of hydrogen-bond donors (Lipinski definition) is 4. The van der Waals surface area contributed by atoms with Crippen LogP contribution >= 0.6 is 35.2 Å². The van der Waals surface area contributed by atoms with Gasteiger partial charge in [0.1, 0.15) is 40.4 Å². The molecule has 8 rings (SSSR count). The van der Waals surface area contributed by atoms with Gasteiger partial charge in [0, 0.05) is 63.6 Å². The molecule has 0 aliphatic carbocycles. The van der Waals surface area contributed by atoms with Gasteiger partial charge in [-0.1, -0.05) is 130 Å². The third-order valence-corrected chi connectivity index (χ3v) is 12.0. The van der Waals surface area contributed by atoms with E-state index in [9.17, 15) is 4.79 Å². The van der Waals surface area contributed by atoms with Gasteiger partial charge in [-0.25, -0.2) is 20.9 Å². The Kier molecular flexibility index (Phi) is 32.5. The van der Waals surface area contributed by atoms with E-state index >= 15 is 0 Å². The average molecular weight is 1080 g/mol. The van der Waals surface area contributed by atoms with Crippen LogP contribution in [-0.2, 0) is 9.68 Å². The van der Waals surface area contributed by atoms with Gasteiger partial charge in [0.05, 0.1) is 47.0 Å². The Balaban J connectivity index is 0.000000822. The lowest BCUT2D eigenvalue weighted by Crippen LogP contribution is -2.21. The first-order chi connectivity index (χ1) is 34.1. The lowest BCUT2D eigenvalue weighted by molar-refractivity contribution is 0.176. The fourth-order valence-electron chi connectivity index (χ4n) is 5.12. The Hall–Kier alpha value is -5.93. The molecule has 0 fully saturated rings. The van der Waals surface area contributed by atoms with Crippen LogP contribution in [0.1, 0.15) is 198 Å². The summed E-state index contributed by atoms with van der Waals surface area (Å²) < 4.78 is 25.4. The number of amidine groups is 3. The molecule has 5 aromatic rings. The van der Waals surface area contributed by atoms with E-state index in [1.807, 2.05) is 68.4 Å². The minimum absolute atomic E-state index is 0. The van der Waals surface area contributed by atoms with Crippen molar-refractivity contribution in [3.05, 3.63) is 128 Å². The van der Waals surface area contributed by atoms with Gasteiger partial charge in [-0.2, -0.15) is 28.2 Å². The highest BCUT2D eigenvalue weighted by molar-refractivity contribution is 8.02. The van der Waals surface area contributed by atoms with Crippen LogP contribution in [0.4, 0.5) is 0 Å². The lowest BCUT2D eigenvalue weighted by Gasteiger charge is -2.02. The molecule has 0 amide bonds. The highest BCUT2D eigenvalue weighted by Crippen LogP contribution is 2.21. The molecule has 0 bridgehead atoms. The van der Waals surface area contributed by atoms with Crippen LogP contribution in [0, 0.1) is 45.4 Å². The van der Waals surface area contributed by atoms with E-state index in [0.717, 1.165) is 62.5 Å². The van der Waals surface area contributed by atoms with Crippen LogP contribution in [0.2, 0.25) is 0 Å². The number of aryl methyl sites for hydroxylation is 4. The topological polar surface area (TPSA) is 228 Å². The van der Waals surface area contributed by atoms with Crippen LogP contribution in [-0.4, -0.2) is 51.0 Å². The number of aliphatic imine (C=N–C) groups is 3. The quantitative estimate of drug-likeness (QED) is 0.106. The van der Waals surface area contributed by atoms with Gasteiger partial charge in [0.15, 0.2) is 5.43 Å². The van der Waals surface area contributed by atoms with E-state index < -0.39 is 0 Å². The SMILES string of the molecule is C.C=C1N=C(C(C)C)NO1.C=C1N=C(C(C)C)NO1.C=C1N=C(C(C)C)NS1.CC(C)c1ncn[nH]1.Cc1cc(C(C)C)on1.Cc1cc(C(C)C)sn1.Cc1cocc(C(C)C)c1=O.Cc1nsnc1C(C)C. The normalized spacial score (nSPS) is 13.0. The number of rotatable bonds is 8. The third-order valence-electron chi connectivity index (χ3n) is 9.52. The van der Waals surface area contributed by atoms with E-state index in [4.69, 9.17) is 18.6 Å². The van der Waals surface area contributed by atoms with Crippen molar-refractivity contribution < 1.29 is 18.6 Å². The molecule has 0 spiro atoms. The molecule has 3 aliphatic rings. The van der Waals surface area contributed by atoms with Gasteiger partial charge in [-0.3, -0.25) is 9.89 Å². The summed E-state index contributed by atoms with van der Waals surface area (Å²) >= 11 is 4.39. The molecule has 5 aromatic heterocycles. The zero-order chi connectivity index (χ0) is 55.5. The van der Waals surface area contributed by atoms with Crippen molar-refractivity contribution >= 4 is 52.7 Å². The minimum Gasteiger partial charge on any atom is -0.472 e. The monoisotopic (exact) mass is 1080 g/mol. The van der Waals surface area contributed by atoms with E-state index in [0.29, 0.717) is 58.8 Å². The molecular weight excluding hydrogens is 995 g/mol. The summed E-state index contributed by atoms with van der Waals surface area (Å²) in [5.74, 6) is 9.07. The second kappa shape index (κ2) is 35.3. The fourth-order valence-corrected chi connectivity index (χ4v) is 7.19. The largest absolute Gasteiger partial charge is 0.472 e. The smallest absolute Gasteiger partial charge is 0.240 e. The maximum absolute atomic E-state index is 11.4. The third kappa shape index (κ3) is 26.9. The van der Waals surface area contributed by atoms with Crippen LogP contribution in [0.5, 0.6) is 0 Å². The van der Waals surface area contributed by atoms with Crippen LogP contribution < -0.4 is 21.1 Å². The number of aromatic amines is 1. The summed E-state index contributed by atoms with van der Waals surface area (Å²) in [6.45, 7) is 51.7. The average Bonchev–Trinajstić information content (AvgIpc) is 4.17. The molecule has 0 atom stereocenters. The van der Waals surface area contributed by atoms with E-state index in [-0.39, 0.29) is 18.8 Å². The number of nitrogens with one attached hydrogen (secondary N) is 4. The van der Waals surface area contributed by atoms with Crippen molar-refractivity contribution in [2.45, 2.75) is 175 Å². The Labute approximate surface area is 454 Å². The van der Waals surface area contributed by atoms with E-state index in [2.05, 4.69) is 159 Å². The Morgan fingerprint density at radius 3 is 1.41 bits per heavy atom. The van der Waals surface area contributed by atoms with Crippen molar-refractivity contribution in [1.29, 1.82) is 0 Å². The van der Waals surface area contributed by atoms with Crippen LogP contribution in [0.25, 0.3) is 0 Å². The van der Waals surface area contributed by atoms with Gasteiger partial charge in [-0.05, 0) is 76.2 Å². The molecule has 4 N–H and O–H groups in total. The zero-order valence-electron chi connectivity index (χ0n) is 46.9. The maximum atomic E-state index is 11.4. The van der Waals surface area contributed by atoms with Gasteiger partial charge in [0.25, 0.3) is 0 Å². The zero-order valence-corrected chi connectivity index (χ0v) is 49.4. The summed E-state index contributed by atoms with van der Waals surface area (Å²) in [7, 11) is 0. The molecule has 0 saturated heterocycles. The summed E-state index contributed by atoms with van der Waals surface area (Å²) in [5, 5.41) is 11.1. The molecular formula is C53H87N13O5S3. The maximum Gasteiger partial charge on any atom is 0.240 e. The van der Waals surface area contributed by atoms with Gasteiger partial charge in [0.2, 0.25) is 11.8 Å². The molecule has 3 aliphatic heterocycles. The van der Waals surface area contributed by atoms with Crippen molar-refractivity contribution in [1.82, 2.24) is 49.1 Å². The first-order valence-corrected chi connectivity index (χ1v) is 26.6. The highest BCUT2D eigenvalue weighted by atomic mass is 32.2. The van der Waals surface area contributed by atoms with Crippen molar-refractivity contribution in [3.63, 3.8) is 0 Å². The molecule has 0 aromatic carbocycles. The second-order valence-corrected chi connectivity index (χ2v) is 21.5. The summed E-state index contributed by atoms with van der Waals surface area (Å²) in [6, 6.07) is 4.11. The fraction of sp³-hybridized carbons (Fsp3) is 0.547. The molecule has 21 heteroatoms. The number of hydrogen-bond acceptors (Lipinski definition) is 20. The summed E-state index contributed by atoms with van der Waals surface area (Å²) in [5.41, 5.74) is 11.2. The highest BCUT2D eigenvalue weighted by Gasteiger charge is 2.14. The van der Waals surface area contributed by atoms with Crippen molar-refractivity contribution in [3.8, 4) is 0 Å².